The first-order chi connectivity index (χ1) is 9.93. The Labute approximate surface area is 119 Å². The summed E-state index contributed by atoms with van der Waals surface area (Å²) in [6.07, 6.45) is 3.87. The summed E-state index contributed by atoms with van der Waals surface area (Å²) in [6, 6.07) is 24.0. The van der Waals surface area contributed by atoms with Gasteiger partial charge < -0.3 is 5.32 Å². The minimum atomic E-state index is 0.103. The molecule has 0 aliphatic carbocycles. The van der Waals surface area contributed by atoms with Gasteiger partial charge in [0.15, 0.2) is 0 Å². The molecule has 1 heterocycles. The third kappa shape index (κ3) is 2.84. The SMILES string of the molecule is C(#CN1C=CNC1)C(c1ccccc1)c1ccccc1. The van der Waals surface area contributed by atoms with Crippen LogP contribution in [0.5, 0.6) is 0 Å². The van der Waals surface area contributed by atoms with Crippen LogP contribution in [0, 0.1) is 12.0 Å². The summed E-state index contributed by atoms with van der Waals surface area (Å²) in [5, 5.41) is 3.12. The quantitative estimate of drug-likeness (QED) is 0.835. The molecule has 1 N–H and O–H groups in total. The van der Waals surface area contributed by atoms with E-state index in [0.717, 1.165) is 6.67 Å². The Morgan fingerprint density at radius 1 is 0.900 bits per heavy atom. The zero-order chi connectivity index (χ0) is 13.6. The summed E-state index contributed by atoms with van der Waals surface area (Å²) in [4.78, 5) is 1.96. The van der Waals surface area contributed by atoms with Crippen molar-refractivity contribution in [1.82, 2.24) is 10.2 Å². The van der Waals surface area contributed by atoms with Gasteiger partial charge in [0.25, 0.3) is 0 Å². The van der Waals surface area contributed by atoms with Crippen LogP contribution in [-0.2, 0) is 0 Å². The van der Waals surface area contributed by atoms with Gasteiger partial charge in [-0.2, -0.15) is 0 Å². The molecule has 2 aromatic rings. The van der Waals surface area contributed by atoms with Crippen LogP contribution in [0.1, 0.15) is 17.0 Å². The van der Waals surface area contributed by atoms with Gasteiger partial charge in [-0.15, -0.1) is 0 Å². The molecule has 0 aromatic heterocycles. The van der Waals surface area contributed by atoms with Gasteiger partial charge in [0.2, 0.25) is 0 Å². The van der Waals surface area contributed by atoms with Gasteiger partial charge in [-0.05, 0) is 11.1 Å². The first kappa shape index (κ1) is 12.4. The van der Waals surface area contributed by atoms with Crippen LogP contribution < -0.4 is 5.32 Å². The van der Waals surface area contributed by atoms with Crippen molar-refractivity contribution >= 4 is 0 Å². The van der Waals surface area contributed by atoms with Crippen molar-refractivity contribution in [3.8, 4) is 12.0 Å². The molecule has 2 nitrogen and oxygen atoms in total. The van der Waals surface area contributed by atoms with Crippen LogP contribution in [0.2, 0.25) is 0 Å². The van der Waals surface area contributed by atoms with E-state index in [1.54, 1.807) is 0 Å². The fourth-order valence-corrected chi connectivity index (χ4v) is 2.22. The van der Waals surface area contributed by atoms with Gasteiger partial charge >= 0.3 is 0 Å². The summed E-state index contributed by atoms with van der Waals surface area (Å²) in [5.74, 6) is 3.48. The van der Waals surface area contributed by atoms with Gasteiger partial charge in [-0.1, -0.05) is 66.6 Å². The second-order valence-corrected chi connectivity index (χ2v) is 4.66. The number of nitrogens with zero attached hydrogens (tertiary/aromatic N) is 1. The molecule has 1 aliphatic heterocycles. The maximum Gasteiger partial charge on any atom is 0.0993 e. The summed E-state index contributed by atoms with van der Waals surface area (Å²) in [5.41, 5.74) is 2.45. The van der Waals surface area contributed by atoms with E-state index in [9.17, 15) is 0 Å². The number of rotatable bonds is 2. The zero-order valence-electron chi connectivity index (χ0n) is 11.2. The minimum absolute atomic E-state index is 0.103. The highest BCUT2D eigenvalue weighted by molar-refractivity contribution is 5.40. The van der Waals surface area contributed by atoms with E-state index >= 15 is 0 Å². The molecule has 0 spiro atoms. The van der Waals surface area contributed by atoms with Crippen molar-refractivity contribution in [1.29, 1.82) is 0 Å². The standard InChI is InChI=1S/C18H16N2/c1-3-7-16(8-4-1)18(17-9-5-2-6-10-17)11-13-20-14-12-19-15-20/h1-10,12,14,18-19H,15H2. The molecular formula is C18H16N2. The molecule has 2 aromatic carbocycles. The number of hydrogen-bond acceptors (Lipinski definition) is 2. The minimum Gasteiger partial charge on any atom is -0.372 e. The molecule has 20 heavy (non-hydrogen) atoms. The Hall–Kier alpha value is -2.66. The van der Waals surface area contributed by atoms with Crippen molar-refractivity contribution in [2.75, 3.05) is 6.67 Å². The highest BCUT2D eigenvalue weighted by atomic mass is 15.2. The topological polar surface area (TPSA) is 15.3 Å². The van der Waals surface area contributed by atoms with Crippen LogP contribution in [0.25, 0.3) is 0 Å². The maximum absolute atomic E-state index is 3.38. The molecule has 0 amide bonds. The maximum atomic E-state index is 3.38. The Morgan fingerprint density at radius 2 is 1.50 bits per heavy atom. The second kappa shape index (κ2) is 5.99. The van der Waals surface area contributed by atoms with Crippen LogP contribution in [0.4, 0.5) is 0 Å². The molecule has 1 aliphatic rings. The molecule has 0 saturated carbocycles. The summed E-state index contributed by atoms with van der Waals surface area (Å²) in [7, 11) is 0. The van der Waals surface area contributed by atoms with Crippen LogP contribution >= 0.6 is 0 Å². The Bertz CT molecular complexity index is 596. The van der Waals surface area contributed by atoms with Gasteiger partial charge in [-0.25, -0.2) is 0 Å². The molecule has 0 bridgehead atoms. The predicted octanol–water partition coefficient (Wildman–Crippen LogP) is 3.11. The van der Waals surface area contributed by atoms with Crippen molar-refractivity contribution < 1.29 is 0 Å². The monoisotopic (exact) mass is 260 g/mol. The largest absolute Gasteiger partial charge is 0.372 e. The van der Waals surface area contributed by atoms with E-state index in [1.165, 1.54) is 11.1 Å². The molecular weight excluding hydrogens is 244 g/mol. The summed E-state index contributed by atoms with van der Waals surface area (Å²) in [6.45, 7) is 0.753. The molecule has 98 valence electrons. The average molecular weight is 260 g/mol. The molecule has 2 heteroatoms. The van der Waals surface area contributed by atoms with Crippen LogP contribution in [0.3, 0.4) is 0 Å². The van der Waals surface area contributed by atoms with E-state index in [0.29, 0.717) is 0 Å². The van der Waals surface area contributed by atoms with Gasteiger partial charge in [0.05, 0.1) is 12.6 Å². The van der Waals surface area contributed by atoms with Gasteiger partial charge in [0, 0.05) is 18.4 Å². The lowest BCUT2D eigenvalue weighted by atomic mass is 9.92. The first-order valence-electron chi connectivity index (χ1n) is 6.71. The van der Waals surface area contributed by atoms with E-state index in [-0.39, 0.29) is 5.92 Å². The van der Waals surface area contributed by atoms with E-state index in [1.807, 2.05) is 29.4 Å². The second-order valence-electron chi connectivity index (χ2n) is 4.66. The van der Waals surface area contributed by atoms with Crippen molar-refractivity contribution in [3.05, 3.63) is 84.2 Å². The molecule has 0 fully saturated rings. The number of benzene rings is 2. The number of hydrogen-bond donors (Lipinski definition) is 1. The highest BCUT2D eigenvalue weighted by Gasteiger charge is 2.11. The lowest BCUT2D eigenvalue weighted by molar-refractivity contribution is 0.550. The third-order valence-electron chi connectivity index (χ3n) is 3.25. The highest BCUT2D eigenvalue weighted by Crippen LogP contribution is 2.23. The molecule has 0 radical (unpaired) electrons. The zero-order valence-corrected chi connectivity index (χ0v) is 11.2. The van der Waals surface area contributed by atoms with Gasteiger partial charge in [0.1, 0.15) is 0 Å². The first-order valence-corrected chi connectivity index (χ1v) is 6.71. The lowest BCUT2D eigenvalue weighted by Crippen LogP contribution is -2.15. The Kier molecular flexibility index (Phi) is 3.71. The predicted molar refractivity (Wildman–Crippen MR) is 81.5 cm³/mol. The Balaban J connectivity index is 1.93. The van der Waals surface area contributed by atoms with E-state index in [4.69, 9.17) is 0 Å². The third-order valence-corrected chi connectivity index (χ3v) is 3.25. The van der Waals surface area contributed by atoms with Crippen LogP contribution in [0.15, 0.2) is 73.1 Å². The van der Waals surface area contributed by atoms with Crippen molar-refractivity contribution in [2.45, 2.75) is 5.92 Å². The number of nitrogens with one attached hydrogen (secondary N) is 1. The molecule has 0 atom stereocenters. The average Bonchev–Trinajstić information content (AvgIpc) is 3.03. The summed E-state index contributed by atoms with van der Waals surface area (Å²) < 4.78 is 0. The van der Waals surface area contributed by atoms with Gasteiger partial charge in [-0.3, -0.25) is 4.90 Å². The molecule has 0 unspecified atom stereocenters. The van der Waals surface area contributed by atoms with Crippen molar-refractivity contribution in [2.24, 2.45) is 0 Å². The van der Waals surface area contributed by atoms with E-state index in [2.05, 4.69) is 65.8 Å². The van der Waals surface area contributed by atoms with E-state index < -0.39 is 0 Å². The molecule has 0 saturated heterocycles. The summed E-state index contributed by atoms with van der Waals surface area (Å²) >= 11 is 0. The smallest absolute Gasteiger partial charge is 0.0993 e. The molecule has 3 rings (SSSR count). The van der Waals surface area contributed by atoms with Crippen molar-refractivity contribution in [3.63, 3.8) is 0 Å². The lowest BCUT2D eigenvalue weighted by Gasteiger charge is -2.12. The fourth-order valence-electron chi connectivity index (χ4n) is 2.22. The fraction of sp³-hybridized carbons (Fsp3) is 0.111. The Morgan fingerprint density at radius 3 is 2.00 bits per heavy atom. The normalized spacial score (nSPS) is 12.9. The van der Waals surface area contributed by atoms with Crippen LogP contribution in [-0.4, -0.2) is 11.6 Å².